The van der Waals surface area contributed by atoms with Gasteiger partial charge in [0.15, 0.2) is 0 Å². The van der Waals surface area contributed by atoms with Crippen LogP contribution in [0.1, 0.15) is 33.4 Å². The zero-order valence-electron chi connectivity index (χ0n) is 44.6. The Kier molecular flexibility index (Phi) is 12.9. The summed E-state index contributed by atoms with van der Waals surface area (Å²) in [6, 6.07) is 99.9. The maximum atomic E-state index is 2.36. The van der Waals surface area contributed by atoms with Crippen LogP contribution in [0.4, 0.5) is 17.1 Å². The number of hydrogen-bond acceptors (Lipinski definition) is 4. The summed E-state index contributed by atoms with van der Waals surface area (Å²) in [5.74, 6) is 0. The molecule has 0 aliphatic carbocycles. The van der Waals surface area contributed by atoms with Crippen LogP contribution in [0, 0.1) is 0 Å². The van der Waals surface area contributed by atoms with E-state index in [4.69, 9.17) is 0 Å². The van der Waals surface area contributed by atoms with Gasteiger partial charge in [-0.2, -0.15) is 0 Å². The van der Waals surface area contributed by atoms with Crippen molar-refractivity contribution in [1.82, 2.24) is 0 Å². The summed E-state index contributed by atoms with van der Waals surface area (Å²) in [6.07, 6.45) is 13.3. The number of thiophene rings is 3. The third-order valence-electron chi connectivity index (χ3n) is 15.7. The highest BCUT2D eigenvalue weighted by Crippen LogP contribution is 2.40. The fourth-order valence-electron chi connectivity index (χ4n) is 11.3. The van der Waals surface area contributed by atoms with Crippen LogP contribution in [-0.4, -0.2) is 0 Å². The standard InChI is InChI=1S/C78H51NS3/c1-4-10-73-67(7-1)70-46-25-55(49-76(70)80-73)16-13-52-19-28-58(29-20-52)61-34-40-64(41-35-61)79(65-42-36-62(37-43-65)59-30-21-53(22-31-59)14-17-56-26-47-71-68-8-2-5-11-74(68)81-77(71)50-56)66-44-38-63(39-45-66)60-32-23-54(24-33-60)15-18-57-27-48-72-69-9-3-6-12-75(69)82-78(72)51-57/h1-51H. The number of nitrogens with zero attached hydrogens (tertiary/aromatic N) is 1. The van der Waals surface area contributed by atoms with E-state index in [1.54, 1.807) is 0 Å². The van der Waals surface area contributed by atoms with Gasteiger partial charge in [0.25, 0.3) is 0 Å². The molecule has 15 aromatic rings. The Morgan fingerprint density at radius 2 is 0.415 bits per heavy atom. The lowest BCUT2D eigenvalue weighted by Gasteiger charge is -2.26. The van der Waals surface area contributed by atoms with E-state index in [9.17, 15) is 0 Å². The number of hydrogen-bond donors (Lipinski definition) is 0. The van der Waals surface area contributed by atoms with E-state index < -0.39 is 0 Å². The predicted molar refractivity (Wildman–Crippen MR) is 362 cm³/mol. The van der Waals surface area contributed by atoms with Crippen molar-refractivity contribution in [3.63, 3.8) is 0 Å². The Balaban J connectivity index is 0.674. The predicted octanol–water partition coefficient (Wildman–Crippen LogP) is 23.8. The highest BCUT2D eigenvalue weighted by molar-refractivity contribution is 7.26. The molecule has 0 N–H and O–H groups in total. The van der Waals surface area contributed by atoms with Crippen molar-refractivity contribution in [2.75, 3.05) is 4.90 Å². The van der Waals surface area contributed by atoms with Crippen LogP contribution in [0.2, 0.25) is 0 Å². The summed E-state index contributed by atoms with van der Waals surface area (Å²) in [5, 5.41) is 7.97. The SMILES string of the molecule is C(=Cc1ccc2c(c1)sc1ccccc12)c1ccc(-c2ccc(N(c3ccc(-c4ccc(C=Cc5ccc6c(c5)sc5ccccc56)cc4)cc3)c3ccc(-c4ccc(C=Cc5ccc6c(c5)sc5ccccc56)cc4)cc3)cc2)cc1. The van der Waals surface area contributed by atoms with E-state index in [2.05, 4.69) is 314 Å². The lowest BCUT2D eigenvalue weighted by molar-refractivity contribution is 1.28. The molecule has 0 unspecified atom stereocenters. The van der Waals surface area contributed by atoms with Gasteiger partial charge < -0.3 is 4.90 Å². The van der Waals surface area contributed by atoms with Gasteiger partial charge in [-0.3, -0.25) is 0 Å². The molecule has 0 radical (unpaired) electrons. The third kappa shape index (κ3) is 9.84. The van der Waals surface area contributed by atoms with Crippen LogP contribution in [0.5, 0.6) is 0 Å². The molecule has 12 aromatic carbocycles. The fraction of sp³-hybridized carbons (Fsp3) is 0. The van der Waals surface area contributed by atoms with Gasteiger partial charge in [-0.15, -0.1) is 34.0 Å². The molecular formula is C78H51NS3. The highest BCUT2D eigenvalue weighted by atomic mass is 32.1. The van der Waals surface area contributed by atoms with Gasteiger partial charge in [-0.05, 0) is 140 Å². The van der Waals surface area contributed by atoms with Gasteiger partial charge >= 0.3 is 0 Å². The number of anilines is 3. The third-order valence-corrected chi connectivity index (χ3v) is 19.1. The first-order valence-corrected chi connectivity index (χ1v) is 30.2. The molecular weight excluding hydrogens is 1050 g/mol. The second-order valence-electron chi connectivity index (χ2n) is 20.9. The first kappa shape index (κ1) is 49.4. The maximum Gasteiger partial charge on any atom is 0.0462 e. The average Bonchev–Trinajstić information content (AvgIpc) is 4.27. The summed E-state index contributed by atoms with van der Waals surface area (Å²) < 4.78 is 7.96. The zero-order valence-corrected chi connectivity index (χ0v) is 47.1. The van der Waals surface area contributed by atoms with E-state index in [0.717, 1.165) is 17.1 Å². The molecule has 0 amide bonds. The topological polar surface area (TPSA) is 3.24 Å². The molecule has 3 heterocycles. The van der Waals surface area contributed by atoms with Crippen LogP contribution in [0.15, 0.2) is 273 Å². The number of rotatable bonds is 12. The maximum absolute atomic E-state index is 2.36. The fourth-order valence-corrected chi connectivity index (χ4v) is 14.8. The van der Waals surface area contributed by atoms with Crippen molar-refractivity contribution in [3.8, 4) is 33.4 Å². The Hall–Kier alpha value is -9.68. The van der Waals surface area contributed by atoms with Gasteiger partial charge in [-0.1, -0.05) is 237 Å². The Morgan fingerprint density at radius 3 is 0.695 bits per heavy atom. The Labute approximate surface area is 489 Å². The summed E-state index contributed by atoms with van der Waals surface area (Å²) in [7, 11) is 0. The van der Waals surface area contributed by atoms with E-state index >= 15 is 0 Å². The molecule has 0 spiro atoms. The van der Waals surface area contributed by atoms with Gasteiger partial charge in [0.1, 0.15) is 0 Å². The molecule has 0 fully saturated rings. The lowest BCUT2D eigenvalue weighted by Crippen LogP contribution is -2.09. The molecule has 0 atom stereocenters. The van der Waals surface area contributed by atoms with Gasteiger partial charge in [-0.25, -0.2) is 0 Å². The second-order valence-corrected chi connectivity index (χ2v) is 24.2. The average molecular weight is 1100 g/mol. The molecule has 4 heteroatoms. The van der Waals surface area contributed by atoms with Crippen molar-refractivity contribution in [2.24, 2.45) is 0 Å². The van der Waals surface area contributed by atoms with Crippen molar-refractivity contribution in [3.05, 3.63) is 306 Å². The van der Waals surface area contributed by atoms with Gasteiger partial charge in [0.05, 0.1) is 0 Å². The van der Waals surface area contributed by atoms with Crippen LogP contribution >= 0.6 is 34.0 Å². The van der Waals surface area contributed by atoms with Crippen LogP contribution in [0.25, 0.3) is 130 Å². The van der Waals surface area contributed by atoms with Crippen molar-refractivity contribution < 1.29 is 0 Å². The molecule has 0 saturated carbocycles. The second kappa shape index (κ2) is 21.4. The van der Waals surface area contributed by atoms with E-state index in [1.807, 2.05) is 34.0 Å². The molecule has 15 rings (SSSR count). The molecule has 0 bridgehead atoms. The molecule has 0 saturated heterocycles. The van der Waals surface area contributed by atoms with E-state index in [-0.39, 0.29) is 0 Å². The highest BCUT2D eigenvalue weighted by Gasteiger charge is 2.15. The van der Waals surface area contributed by atoms with Crippen molar-refractivity contribution in [2.45, 2.75) is 0 Å². The van der Waals surface area contributed by atoms with Crippen LogP contribution < -0.4 is 4.90 Å². The molecule has 0 aliphatic heterocycles. The Morgan fingerprint density at radius 1 is 0.195 bits per heavy atom. The minimum atomic E-state index is 1.09. The van der Waals surface area contributed by atoms with E-state index in [0.29, 0.717) is 0 Å². The summed E-state index contributed by atoms with van der Waals surface area (Å²) in [5.41, 5.74) is 17.5. The monoisotopic (exact) mass is 1100 g/mol. The summed E-state index contributed by atoms with van der Waals surface area (Å²) in [6.45, 7) is 0. The van der Waals surface area contributed by atoms with Gasteiger partial charge in [0, 0.05) is 77.6 Å². The molecule has 386 valence electrons. The lowest BCUT2D eigenvalue weighted by atomic mass is 10.0. The minimum absolute atomic E-state index is 1.09. The molecule has 82 heavy (non-hydrogen) atoms. The number of fused-ring (bicyclic) bond motifs is 9. The van der Waals surface area contributed by atoms with Gasteiger partial charge in [0.2, 0.25) is 0 Å². The quantitative estimate of drug-likeness (QED) is 0.110. The zero-order chi connectivity index (χ0) is 54.3. The summed E-state index contributed by atoms with van der Waals surface area (Å²) in [4.78, 5) is 2.36. The smallest absolute Gasteiger partial charge is 0.0462 e. The first-order valence-electron chi connectivity index (χ1n) is 27.8. The van der Waals surface area contributed by atoms with Crippen LogP contribution in [-0.2, 0) is 0 Å². The summed E-state index contributed by atoms with van der Waals surface area (Å²) >= 11 is 5.58. The Bertz CT molecular complexity index is 4420. The molecule has 1 nitrogen and oxygen atoms in total. The molecule has 0 aliphatic rings. The van der Waals surface area contributed by atoms with Crippen molar-refractivity contribution in [1.29, 1.82) is 0 Å². The minimum Gasteiger partial charge on any atom is -0.311 e. The van der Waals surface area contributed by atoms with E-state index in [1.165, 1.54) is 127 Å². The largest absolute Gasteiger partial charge is 0.311 e. The normalized spacial score (nSPS) is 12.0. The molecule has 3 aromatic heterocycles. The van der Waals surface area contributed by atoms with Crippen LogP contribution in [0.3, 0.4) is 0 Å². The number of benzene rings is 12. The van der Waals surface area contributed by atoms with Crippen molar-refractivity contribution >= 4 is 148 Å². The first-order chi connectivity index (χ1) is 40.5.